The van der Waals surface area contributed by atoms with E-state index in [1.54, 1.807) is 0 Å². The molecule has 2 aliphatic rings. The molecule has 0 amide bonds. The summed E-state index contributed by atoms with van der Waals surface area (Å²) < 4.78 is 8.43. The van der Waals surface area contributed by atoms with Crippen molar-refractivity contribution in [3.63, 3.8) is 0 Å². The first-order valence-electron chi connectivity index (χ1n) is 12.4. The normalized spacial score (nSPS) is 21.9. The van der Waals surface area contributed by atoms with Crippen LogP contribution in [0.3, 0.4) is 0 Å². The summed E-state index contributed by atoms with van der Waals surface area (Å²) >= 11 is 0. The van der Waals surface area contributed by atoms with Gasteiger partial charge in [0.2, 0.25) is 5.88 Å². The number of benzene rings is 1. The van der Waals surface area contributed by atoms with Crippen LogP contribution in [0.2, 0.25) is 0 Å². The molecular formula is C28H33N5O. The van der Waals surface area contributed by atoms with E-state index in [0.717, 1.165) is 35.9 Å². The number of rotatable bonds is 5. The molecule has 0 bridgehead atoms. The van der Waals surface area contributed by atoms with Gasteiger partial charge in [0.15, 0.2) is 0 Å². The van der Waals surface area contributed by atoms with E-state index in [1.807, 2.05) is 24.7 Å². The number of aromatic nitrogens is 3. The molecule has 4 aromatic rings. The van der Waals surface area contributed by atoms with Crippen LogP contribution in [0.4, 0.5) is 0 Å². The number of hydrogen-bond donors (Lipinski definition) is 0. The highest BCUT2D eigenvalue weighted by molar-refractivity contribution is 6.08. The minimum absolute atomic E-state index is 0.276. The van der Waals surface area contributed by atoms with Crippen molar-refractivity contribution in [1.82, 2.24) is 24.3 Å². The Morgan fingerprint density at radius 3 is 2.44 bits per heavy atom. The number of likely N-dealkylation sites (tertiary alicyclic amines) is 1. The van der Waals surface area contributed by atoms with Crippen LogP contribution in [0.5, 0.6) is 5.88 Å². The fourth-order valence-electron chi connectivity index (χ4n) is 5.69. The van der Waals surface area contributed by atoms with E-state index in [9.17, 15) is 0 Å². The molecule has 3 aromatic heterocycles. The summed E-state index contributed by atoms with van der Waals surface area (Å²) in [5.41, 5.74) is 4.67. The van der Waals surface area contributed by atoms with Gasteiger partial charge in [-0.3, -0.25) is 4.98 Å². The molecule has 1 saturated carbocycles. The molecule has 1 saturated heterocycles. The summed E-state index contributed by atoms with van der Waals surface area (Å²) in [4.78, 5) is 14.0. The van der Waals surface area contributed by atoms with Gasteiger partial charge in [0.1, 0.15) is 6.10 Å². The Hall–Kier alpha value is -2.96. The van der Waals surface area contributed by atoms with E-state index in [0.29, 0.717) is 6.04 Å². The molecule has 0 radical (unpaired) electrons. The van der Waals surface area contributed by atoms with Crippen molar-refractivity contribution >= 4 is 21.8 Å². The molecule has 6 heteroatoms. The third-order valence-corrected chi connectivity index (χ3v) is 8.08. The molecule has 4 heterocycles. The van der Waals surface area contributed by atoms with Crippen LogP contribution < -0.4 is 4.74 Å². The average Bonchev–Trinajstić information content (AvgIpc) is 3.13. The van der Waals surface area contributed by atoms with Crippen molar-refractivity contribution in [1.29, 1.82) is 0 Å². The van der Waals surface area contributed by atoms with Crippen molar-refractivity contribution in [2.24, 2.45) is 7.05 Å². The van der Waals surface area contributed by atoms with Gasteiger partial charge in [-0.25, -0.2) is 4.98 Å². The molecular weight excluding hydrogens is 422 g/mol. The Morgan fingerprint density at radius 2 is 1.68 bits per heavy atom. The molecule has 0 spiro atoms. The monoisotopic (exact) mass is 455 g/mol. The largest absolute Gasteiger partial charge is 0.474 e. The Kier molecular flexibility index (Phi) is 5.50. The summed E-state index contributed by atoms with van der Waals surface area (Å²) in [5, 5.41) is 2.42. The average molecular weight is 456 g/mol. The van der Waals surface area contributed by atoms with Gasteiger partial charge in [0, 0.05) is 78.5 Å². The first-order valence-corrected chi connectivity index (χ1v) is 12.4. The maximum atomic E-state index is 6.20. The summed E-state index contributed by atoms with van der Waals surface area (Å²) in [6.45, 7) is 2.42. The van der Waals surface area contributed by atoms with E-state index >= 15 is 0 Å². The number of pyridine rings is 2. The van der Waals surface area contributed by atoms with Gasteiger partial charge in [-0.15, -0.1) is 0 Å². The third-order valence-electron chi connectivity index (χ3n) is 8.08. The second-order valence-corrected chi connectivity index (χ2v) is 10.1. The Bertz CT molecular complexity index is 1300. The maximum Gasteiger partial charge on any atom is 0.213 e. The molecule has 6 nitrogen and oxygen atoms in total. The predicted molar refractivity (Wildman–Crippen MR) is 137 cm³/mol. The number of aryl methyl sites for hydroxylation is 1. The van der Waals surface area contributed by atoms with Gasteiger partial charge < -0.3 is 19.1 Å². The molecule has 0 unspecified atom stereocenters. The second-order valence-electron chi connectivity index (χ2n) is 10.1. The Balaban J connectivity index is 1.10. The zero-order valence-electron chi connectivity index (χ0n) is 20.3. The zero-order chi connectivity index (χ0) is 23.2. The van der Waals surface area contributed by atoms with Crippen molar-refractivity contribution in [3.8, 4) is 17.0 Å². The third kappa shape index (κ3) is 3.85. The number of hydrogen-bond acceptors (Lipinski definition) is 5. The molecule has 34 heavy (non-hydrogen) atoms. The Morgan fingerprint density at radius 1 is 0.882 bits per heavy atom. The fourth-order valence-corrected chi connectivity index (χ4v) is 5.69. The first-order chi connectivity index (χ1) is 16.6. The van der Waals surface area contributed by atoms with E-state index in [1.165, 1.54) is 47.7 Å². The van der Waals surface area contributed by atoms with Gasteiger partial charge in [0.05, 0.1) is 5.52 Å². The van der Waals surface area contributed by atoms with E-state index in [-0.39, 0.29) is 6.10 Å². The number of piperidine rings is 1. The van der Waals surface area contributed by atoms with Gasteiger partial charge >= 0.3 is 0 Å². The van der Waals surface area contributed by atoms with Crippen LogP contribution in [0.15, 0.2) is 55.0 Å². The molecule has 176 valence electrons. The first kappa shape index (κ1) is 21.6. The highest BCUT2D eigenvalue weighted by Crippen LogP contribution is 2.33. The maximum absolute atomic E-state index is 6.20. The SMILES string of the molecule is CN1CCC(N(C)[C@H]2C[C@H](Oc3ccc(-c4ccc5c6cnccc6n(C)c5c4)cn3)C2)CC1. The predicted octanol–water partition coefficient (Wildman–Crippen LogP) is 4.72. The van der Waals surface area contributed by atoms with Crippen LogP contribution in [0, 0.1) is 0 Å². The Labute approximate surface area is 201 Å². The van der Waals surface area contributed by atoms with Crippen LogP contribution in [-0.2, 0) is 7.05 Å². The minimum atomic E-state index is 0.276. The van der Waals surface area contributed by atoms with Crippen molar-refractivity contribution in [2.75, 3.05) is 27.2 Å². The molecule has 1 aromatic carbocycles. The second kappa shape index (κ2) is 8.67. The van der Waals surface area contributed by atoms with Crippen LogP contribution in [0.1, 0.15) is 25.7 Å². The molecule has 1 aliphatic carbocycles. The lowest BCUT2D eigenvalue weighted by atomic mass is 9.86. The van der Waals surface area contributed by atoms with Gasteiger partial charge in [-0.2, -0.15) is 0 Å². The summed E-state index contributed by atoms with van der Waals surface area (Å²) in [6.07, 6.45) is 10.7. The number of nitrogens with zero attached hydrogens (tertiary/aromatic N) is 5. The quantitative estimate of drug-likeness (QED) is 0.436. The molecule has 2 fully saturated rings. The molecule has 0 N–H and O–H groups in total. The zero-order valence-corrected chi connectivity index (χ0v) is 20.3. The fraction of sp³-hybridized carbons (Fsp3) is 0.429. The highest BCUT2D eigenvalue weighted by atomic mass is 16.5. The van der Waals surface area contributed by atoms with Gasteiger partial charge in [0.25, 0.3) is 0 Å². The summed E-state index contributed by atoms with van der Waals surface area (Å²) in [6, 6.07) is 14.2. The van der Waals surface area contributed by atoms with Crippen molar-refractivity contribution < 1.29 is 4.74 Å². The van der Waals surface area contributed by atoms with Crippen molar-refractivity contribution in [2.45, 2.75) is 43.9 Å². The highest BCUT2D eigenvalue weighted by Gasteiger charge is 2.37. The summed E-state index contributed by atoms with van der Waals surface area (Å²) in [7, 11) is 6.63. The van der Waals surface area contributed by atoms with Crippen LogP contribution in [-0.4, -0.2) is 69.7 Å². The lowest BCUT2D eigenvalue weighted by Crippen LogP contribution is -2.53. The van der Waals surface area contributed by atoms with E-state index in [4.69, 9.17) is 4.74 Å². The summed E-state index contributed by atoms with van der Waals surface area (Å²) in [5.74, 6) is 0.728. The lowest BCUT2D eigenvalue weighted by molar-refractivity contribution is -0.00408. The molecule has 1 aliphatic heterocycles. The minimum Gasteiger partial charge on any atom is -0.474 e. The molecule has 0 atom stereocenters. The van der Waals surface area contributed by atoms with E-state index in [2.05, 4.69) is 75.8 Å². The smallest absolute Gasteiger partial charge is 0.213 e. The van der Waals surface area contributed by atoms with E-state index < -0.39 is 0 Å². The topological polar surface area (TPSA) is 46.4 Å². The number of fused-ring (bicyclic) bond motifs is 3. The standard InChI is InChI=1S/C28H33N5O/c1-31-12-9-21(10-13-31)32(2)22-15-23(16-22)34-28-7-5-20(17-30-28)19-4-6-24-25-18-29-11-8-26(25)33(3)27(24)14-19/h4-8,11,14,17-18,21-23H,9-10,12-13,15-16H2,1-3H3/t22-,23-. The molecule has 6 rings (SSSR count). The van der Waals surface area contributed by atoms with Gasteiger partial charge in [-0.1, -0.05) is 12.1 Å². The van der Waals surface area contributed by atoms with Crippen LogP contribution in [0.25, 0.3) is 32.9 Å². The van der Waals surface area contributed by atoms with Gasteiger partial charge in [-0.05, 0) is 63.8 Å². The van der Waals surface area contributed by atoms with Crippen molar-refractivity contribution in [3.05, 3.63) is 55.0 Å². The number of ether oxygens (including phenoxy) is 1. The lowest BCUT2D eigenvalue weighted by Gasteiger charge is -2.46. The van der Waals surface area contributed by atoms with Crippen LogP contribution >= 0.6 is 0 Å².